The number of nitrogens with zero attached hydrogens (tertiary/aromatic N) is 1. The minimum Gasteiger partial charge on any atom is -0.351 e. The summed E-state index contributed by atoms with van der Waals surface area (Å²) in [6, 6.07) is 7.88. The van der Waals surface area contributed by atoms with Crippen molar-refractivity contribution in [3.63, 3.8) is 0 Å². The average molecular weight is 209 g/mol. The Morgan fingerprint density at radius 1 is 0.938 bits per heavy atom. The number of nitrogens with one attached hydrogen (secondary N) is 2. The SMILES string of the molecule is O=c1c2[nH]c(c3cn[nH]c13)c1ccccc21. The molecule has 0 saturated carbocycles. The van der Waals surface area contributed by atoms with Gasteiger partial charge in [-0.3, -0.25) is 9.89 Å². The molecule has 76 valence electrons. The van der Waals surface area contributed by atoms with Gasteiger partial charge in [-0.05, 0) is 0 Å². The lowest BCUT2D eigenvalue weighted by molar-refractivity contribution is 1.12. The Kier molecular flexibility index (Phi) is 1.19. The molecule has 3 heterocycles. The van der Waals surface area contributed by atoms with Crippen LogP contribution in [0.15, 0.2) is 35.3 Å². The minimum atomic E-state index is -0.0128. The summed E-state index contributed by atoms with van der Waals surface area (Å²) in [5.74, 6) is 0. The van der Waals surface area contributed by atoms with Crippen LogP contribution in [-0.2, 0) is 0 Å². The zero-order chi connectivity index (χ0) is 10.7. The van der Waals surface area contributed by atoms with Crippen LogP contribution in [0.4, 0.5) is 0 Å². The molecule has 0 unspecified atom stereocenters. The van der Waals surface area contributed by atoms with E-state index >= 15 is 0 Å². The van der Waals surface area contributed by atoms with E-state index in [0.29, 0.717) is 11.0 Å². The van der Waals surface area contributed by atoms with Crippen molar-refractivity contribution in [2.75, 3.05) is 0 Å². The van der Waals surface area contributed by atoms with Crippen LogP contribution in [0, 0.1) is 0 Å². The van der Waals surface area contributed by atoms with Gasteiger partial charge in [-0.1, -0.05) is 24.3 Å². The lowest BCUT2D eigenvalue weighted by atomic mass is 10.2. The van der Waals surface area contributed by atoms with Gasteiger partial charge < -0.3 is 4.98 Å². The second kappa shape index (κ2) is 2.41. The highest BCUT2D eigenvalue weighted by molar-refractivity contribution is 6.17. The van der Waals surface area contributed by atoms with Crippen LogP contribution in [0.25, 0.3) is 32.7 Å². The van der Waals surface area contributed by atoms with Gasteiger partial charge >= 0.3 is 0 Å². The van der Waals surface area contributed by atoms with E-state index in [0.717, 1.165) is 21.7 Å². The summed E-state index contributed by atoms with van der Waals surface area (Å²) in [6.45, 7) is 0. The third-order valence-electron chi connectivity index (χ3n) is 3.08. The molecule has 4 heteroatoms. The molecule has 2 bridgehead atoms. The van der Waals surface area contributed by atoms with Crippen LogP contribution in [0.1, 0.15) is 0 Å². The van der Waals surface area contributed by atoms with Gasteiger partial charge in [0.05, 0.1) is 17.2 Å². The van der Waals surface area contributed by atoms with Crippen molar-refractivity contribution in [3.05, 3.63) is 40.7 Å². The Morgan fingerprint density at radius 2 is 1.69 bits per heavy atom. The Hall–Kier alpha value is -2.36. The van der Waals surface area contributed by atoms with Crippen LogP contribution in [0.3, 0.4) is 0 Å². The number of hydrogen-bond donors (Lipinski definition) is 2. The first-order chi connectivity index (χ1) is 7.86. The second-order valence-electron chi connectivity index (χ2n) is 3.91. The fraction of sp³-hybridized carbons (Fsp3) is 0. The lowest BCUT2D eigenvalue weighted by Gasteiger charge is -1.88. The fourth-order valence-electron chi connectivity index (χ4n) is 2.34. The minimum absolute atomic E-state index is 0.0128. The highest BCUT2D eigenvalue weighted by atomic mass is 16.1. The van der Waals surface area contributed by atoms with Crippen molar-refractivity contribution >= 4 is 32.7 Å². The van der Waals surface area contributed by atoms with E-state index in [-0.39, 0.29) is 5.43 Å². The van der Waals surface area contributed by atoms with Gasteiger partial charge in [0.1, 0.15) is 5.52 Å². The smallest absolute Gasteiger partial charge is 0.228 e. The first-order valence-corrected chi connectivity index (χ1v) is 5.05. The number of hydrogen-bond acceptors (Lipinski definition) is 2. The molecule has 0 atom stereocenters. The van der Waals surface area contributed by atoms with Gasteiger partial charge in [0, 0.05) is 16.2 Å². The van der Waals surface area contributed by atoms with Crippen molar-refractivity contribution in [3.8, 4) is 0 Å². The molecule has 0 saturated heterocycles. The largest absolute Gasteiger partial charge is 0.351 e. The lowest BCUT2D eigenvalue weighted by Crippen LogP contribution is -2.01. The van der Waals surface area contributed by atoms with E-state index in [2.05, 4.69) is 15.2 Å². The van der Waals surface area contributed by atoms with Gasteiger partial charge in [0.15, 0.2) is 0 Å². The Labute approximate surface area is 89.2 Å². The van der Waals surface area contributed by atoms with Gasteiger partial charge in [0.2, 0.25) is 5.43 Å². The van der Waals surface area contributed by atoms with Crippen molar-refractivity contribution in [2.45, 2.75) is 0 Å². The number of H-pyrrole nitrogens is 2. The number of benzene rings is 1. The number of rotatable bonds is 0. The van der Waals surface area contributed by atoms with Gasteiger partial charge in [-0.25, -0.2) is 0 Å². The third kappa shape index (κ3) is 0.725. The first kappa shape index (κ1) is 7.87. The predicted octanol–water partition coefficient (Wildman–Crippen LogP) is 2.00. The first-order valence-electron chi connectivity index (χ1n) is 5.05. The Morgan fingerprint density at radius 3 is 2.50 bits per heavy atom. The van der Waals surface area contributed by atoms with Crippen molar-refractivity contribution < 1.29 is 0 Å². The average Bonchev–Trinajstić information content (AvgIpc) is 2.91. The van der Waals surface area contributed by atoms with E-state index in [1.807, 2.05) is 24.3 Å². The third-order valence-corrected chi connectivity index (χ3v) is 3.08. The maximum Gasteiger partial charge on any atom is 0.228 e. The molecule has 3 aromatic heterocycles. The fourth-order valence-corrected chi connectivity index (χ4v) is 2.34. The van der Waals surface area contributed by atoms with Gasteiger partial charge in [-0.15, -0.1) is 0 Å². The summed E-state index contributed by atoms with van der Waals surface area (Å²) < 4.78 is 0. The molecule has 4 aromatic rings. The summed E-state index contributed by atoms with van der Waals surface area (Å²) in [5.41, 5.74) is 2.21. The molecule has 0 aliphatic rings. The number of fused-ring (bicyclic) bond motifs is 7. The van der Waals surface area contributed by atoms with Gasteiger partial charge in [-0.2, -0.15) is 5.10 Å². The molecule has 2 N–H and O–H groups in total. The zero-order valence-corrected chi connectivity index (χ0v) is 8.24. The van der Waals surface area contributed by atoms with E-state index < -0.39 is 0 Å². The molecule has 4 rings (SSSR count). The molecule has 0 amide bonds. The van der Waals surface area contributed by atoms with Crippen LogP contribution in [0.5, 0.6) is 0 Å². The van der Waals surface area contributed by atoms with Crippen molar-refractivity contribution in [1.29, 1.82) is 0 Å². The molecular weight excluding hydrogens is 202 g/mol. The van der Waals surface area contributed by atoms with Crippen LogP contribution in [0.2, 0.25) is 0 Å². The highest BCUT2D eigenvalue weighted by Gasteiger charge is 2.14. The van der Waals surface area contributed by atoms with Gasteiger partial charge in [0.25, 0.3) is 0 Å². The van der Waals surface area contributed by atoms with Crippen LogP contribution in [-0.4, -0.2) is 15.2 Å². The summed E-state index contributed by atoms with van der Waals surface area (Å²) >= 11 is 0. The molecule has 16 heavy (non-hydrogen) atoms. The number of aromatic amines is 2. The number of aromatic nitrogens is 3. The molecule has 0 radical (unpaired) electrons. The van der Waals surface area contributed by atoms with Crippen LogP contribution >= 0.6 is 0 Å². The predicted molar refractivity (Wildman–Crippen MR) is 62.9 cm³/mol. The topological polar surface area (TPSA) is 61.5 Å². The molecule has 4 nitrogen and oxygen atoms in total. The summed E-state index contributed by atoms with van der Waals surface area (Å²) in [6.07, 6.45) is 1.69. The molecule has 1 aromatic carbocycles. The normalized spacial score (nSPS) is 12.0. The maximum atomic E-state index is 12.1. The van der Waals surface area contributed by atoms with E-state index in [4.69, 9.17) is 0 Å². The summed E-state index contributed by atoms with van der Waals surface area (Å²) in [4.78, 5) is 15.3. The number of pyridine rings is 1. The molecular formula is C12H7N3O. The van der Waals surface area contributed by atoms with E-state index in [1.54, 1.807) is 6.20 Å². The summed E-state index contributed by atoms with van der Waals surface area (Å²) in [7, 11) is 0. The standard InChI is InChI=1S/C12H7N3O/c16-12-10-7-4-2-1-3-6(7)9(14-10)8-5-13-15-11(8)12/h1-5,14H,(H,13,15). The van der Waals surface area contributed by atoms with E-state index in [9.17, 15) is 4.79 Å². The van der Waals surface area contributed by atoms with Crippen molar-refractivity contribution in [2.24, 2.45) is 0 Å². The van der Waals surface area contributed by atoms with Crippen LogP contribution < -0.4 is 5.43 Å². The Balaban J connectivity index is 2.55. The molecule has 0 spiro atoms. The Bertz CT molecular complexity index is 872. The molecule has 0 aliphatic heterocycles. The molecule has 0 aliphatic carbocycles. The quantitative estimate of drug-likeness (QED) is 0.465. The zero-order valence-electron chi connectivity index (χ0n) is 8.24. The maximum absolute atomic E-state index is 12.1. The second-order valence-corrected chi connectivity index (χ2v) is 3.91. The highest BCUT2D eigenvalue weighted by Crippen LogP contribution is 2.28. The van der Waals surface area contributed by atoms with Crippen molar-refractivity contribution in [1.82, 2.24) is 15.2 Å². The monoisotopic (exact) mass is 209 g/mol. The molecule has 0 fully saturated rings. The summed E-state index contributed by atoms with van der Waals surface area (Å²) in [5, 5.41) is 9.60. The van der Waals surface area contributed by atoms with E-state index in [1.165, 1.54) is 0 Å².